The van der Waals surface area contributed by atoms with Gasteiger partial charge < -0.3 is 10.6 Å². The molecular formula is C20H15Cl2N5O4S2. The zero-order valence-corrected chi connectivity index (χ0v) is 19.9. The number of halogens is 2. The Labute approximate surface area is 202 Å². The van der Waals surface area contributed by atoms with Gasteiger partial charge in [0.05, 0.1) is 31.6 Å². The van der Waals surface area contributed by atoms with E-state index in [1.165, 1.54) is 35.2 Å². The first-order chi connectivity index (χ1) is 15.7. The van der Waals surface area contributed by atoms with Gasteiger partial charge in [-0.2, -0.15) is 0 Å². The zero-order chi connectivity index (χ0) is 23.8. The SMILES string of the molecule is CNc1cc2ncn(-c3ccc(NC(=O)NS(=O)(=O)c4ccc(Cl)s4)cc3)c(=O)c2cc1Cl. The summed E-state index contributed by atoms with van der Waals surface area (Å²) in [6.07, 6.45) is 1.39. The van der Waals surface area contributed by atoms with Crippen molar-refractivity contribution in [2.24, 2.45) is 0 Å². The summed E-state index contributed by atoms with van der Waals surface area (Å²) < 4.78 is 27.9. The molecule has 0 saturated carbocycles. The topological polar surface area (TPSA) is 122 Å². The summed E-state index contributed by atoms with van der Waals surface area (Å²) in [7, 11) is -2.32. The second-order valence-electron chi connectivity index (χ2n) is 6.68. The summed E-state index contributed by atoms with van der Waals surface area (Å²) in [5.74, 6) is 0. The number of benzene rings is 2. The predicted molar refractivity (Wildman–Crippen MR) is 131 cm³/mol. The molecule has 4 rings (SSSR count). The lowest BCUT2D eigenvalue weighted by molar-refractivity contribution is 0.256. The molecule has 170 valence electrons. The van der Waals surface area contributed by atoms with E-state index in [1.54, 1.807) is 31.3 Å². The van der Waals surface area contributed by atoms with E-state index < -0.39 is 16.1 Å². The smallest absolute Gasteiger partial charge is 0.333 e. The molecule has 2 aromatic carbocycles. The van der Waals surface area contributed by atoms with Crippen LogP contribution in [0.1, 0.15) is 0 Å². The normalized spacial score (nSPS) is 11.4. The molecule has 13 heteroatoms. The number of nitrogens with zero attached hydrogens (tertiary/aromatic N) is 2. The van der Waals surface area contributed by atoms with Crippen molar-refractivity contribution in [2.75, 3.05) is 17.7 Å². The molecule has 33 heavy (non-hydrogen) atoms. The van der Waals surface area contributed by atoms with Crippen LogP contribution in [0.25, 0.3) is 16.6 Å². The molecule has 2 aromatic heterocycles. The van der Waals surface area contributed by atoms with Crippen LogP contribution in [0.3, 0.4) is 0 Å². The van der Waals surface area contributed by atoms with Crippen LogP contribution in [0.15, 0.2) is 63.9 Å². The highest BCUT2D eigenvalue weighted by Crippen LogP contribution is 2.26. The summed E-state index contributed by atoms with van der Waals surface area (Å²) in [6.45, 7) is 0. The second-order valence-corrected chi connectivity index (χ2v) is 10.7. The highest BCUT2D eigenvalue weighted by molar-refractivity contribution is 7.92. The standard InChI is InChI=1S/C20H15Cl2N5O4S2/c1-23-16-9-15-13(8-14(16)21)19(28)27(10-24-15)12-4-2-11(3-5-12)25-20(29)26-33(30,31)18-7-6-17(22)32-18/h2-10,23H,1H3,(H2,25,26,29). The van der Waals surface area contributed by atoms with Crippen LogP contribution in [0.4, 0.5) is 16.2 Å². The average Bonchev–Trinajstić information content (AvgIpc) is 3.22. The van der Waals surface area contributed by atoms with Gasteiger partial charge in [0.25, 0.3) is 15.6 Å². The molecular weight excluding hydrogens is 509 g/mol. The highest BCUT2D eigenvalue weighted by atomic mass is 35.5. The number of rotatable bonds is 5. The first-order valence-electron chi connectivity index (χ1n) is 9.26. The number of hydrogen-bond donors (Lipinski definition) is 3. The van der Waals surface area contributed by atoms with Crippen molar-refractivity contribution < 1.29 is 13.2 Å². The van der Waals surface area contributed by atoms with Gasteiger partial charge >= 0.3 is 6.03 Å². The van der Waals surface area contributed by atoms with Gasteiger partial charge in [0, 0.05) is 12.7 Å². The number of carbonyl (C=O) groups is 1. The molecule has 0 saturated heterocycles. The average molecular weight is 524 g/mol. The fraction of sp³-hybridized carbons (Fsp3) is 0.0500. The van der Waals surface area contributed by atoms with Crippen molar-refractivity contribution in [3.8, 4) is 5.69 Å². The Morgan fingerprint density at radius 1 is 1.09 bits per heavy atom. The van der Waals surface area contributed by atoms with Crippen LogP contribution in [0.5, 0.6) is 0 Å². The lowest BCUT2D eigenvalue weighted by Gasteiger charge is -2.11. The lowest BCUT2D eigenvalue weighted by atomic mass is 10.2. The van der Waals surface area contributed by atoms with E-state index in [9.17, 15) is 18.0 Å². The quantitative estimate of drug-likeness (QED) is 0.358. The molecule has 9 nitrogen and oxygen atoms in total. The third-order valence-corrected chi connectivity index (χ3v) is 7.93. The van der Waals surface area contributed by atoms with Crippen molar-refractivity contribution in [1.29, 1.82) is 0 Å². The maximum atomic E-state index is 12.9. The van der Waals surface area contributed by atoms with Crippen molar-refractivity contribution >= 4 is 72.9 Å². The molecule has 0 unspecified atom stereocenters. The minimum absolute atomic E-state index is 0.0804. The highest BCUT2D eigenvalue weighted by Gasteiger charge is 2.20. The Morgan fingerprint density at radius 3 is 2.45 bits per heavy atom. The van der Waals surface area contributed by atoms with Gasteiger partial charge in [0.2, 0.25) is 0 Å². The molecule has 4 aromatic rings. The number of thiophene rings is 1. The minimum atomic E-state index is -4.04. The molecule has 0 aliphatic heterocycles. The van der Waals surface area contributed by atoms with Crippen molar-refractivity contribution in [3.05, 3.63) is 74.6 Å². The van der Waals surface area contributed by atoms with Crippen LogP contribution >= 0.6 is 34.5 Å². The molecule has 0 spiro atoms. The summed E-state index contributed by atoms with van der Waals surface area (Å²) >= 11 is 12.8. The van der Waals surface area contributed by atoms with Gasteiger partial charge in [-0.15, -0.1) is 11.3 Å². The molecule has 0 aliphatic carbocycles. The number of urea groups is 1. The maximum absolute atomic E-state index is 12.9. The largest absolute Gasteiger partial charge is 0.387 e. The first-order valence-corrected chi connectivity index (χ1v) is 12.3. The van der Waals surface area contributed by atoms with Gasteiger partial charge in [0.15, 0.2) is 0 Å². The fourth-order valence-corrected chi connectivity index (χ4v) is 5.64. The van der Waals surface area contributed by atoms with E-state index >= 15 is 0 Å². The second kappa shape index (κ2) is 9.02. The number of hydrogen-bond acceptors (Lipinski definition) is 7. The van der Waals surface area contributed by atoms with Gasteiger partial charge in [0.1, 0.15) is 10.5 Å². The van der Waals surface area contributed by atoms with E-state index in [1.807, 2.05) is 4.72 Å². The summed E-state index contributed by atoms with van der Waals surface area (Å²) in [5.41, 5.74) is 1.65. The number of anilines is 2. The van der Waals surface area contributed by atoms with Crippen LogP contribution < -0.4 is 20.9 Å². The molecule has 0 fully saturated rings. The monoisotopic (exact) mass is 523 g/mol. The minimum Gasteiger partial charge on any atom is -0.387 e. The molecule has 0 aliphatic rings. The Bertz CT molecular complexity index is 1530. The van der Waals surface area contributed by atoms with Gasteiger partial charge in [-0.3, -0.25) is 9.36 Å². The van der Waals surface area contributed by atoms with E-state index in [4.69, 9.17) is 23.2 Å². The molecule has 0 atom stereocenters. The van der Waals surface area contributed by atoms with E-state index in [0.717, 1.165) is 11.3 Å². The van der Waals surface area contributed by atoms with Crippen LogP contribution in [0.2, 0.25) is 9.36 Å². The van der Waals surface area contributed by atoms with Crippen LogP contribution in [0, 0.1) is 0 Å². The van der Waals surface area contributed by atoms with Crippen molar-refractivity contribution in [1.82, 2.24) is 14.3 Å². The molecule has 2 heterocycles. The van der Waals surface area contributed by atoms with Crippen LogP contribution in [-0.4, -0.2) is 31.0 Å². The lowest BCUT2D eigenvalue weighted by Crippen LogP contribution is -2.33. The number of carbonyl (C=O) groups excluding carboxylic acids is 1. The van der Waals surface area contributed by atoms with Crippen LogP contribution in [-0.2, 0) is 10.0 Å². The summed E-state index contributed by atoms with van der Waals surface area (Å²) in [5, 5.41) is 6.11. The zero-order valence-electron chi connectivity index (χ0n) is 16.8. The summed E-state index contributed by atoms with van der Waals surface area (Å²) in [4.78, 5) is 29.4. The predicted octanol–water partition coefficient (Wildman–Crippen LogP) is 4.31. The first kappa shape index (κ1) is 23.1. The number of fused-ring (bicyclic) bond motifs is 1. The van der Waals surface area contributed by atoms with E-state index in [2.05, 4.69) is 15.6 Å². The van der Waals surface area contributed by atoms with Crippen molar-refractivity contribution in [3.63, 3.8) is 0 Å². The van der Waals surface area contributed by atoms with Gasteiger partial charge in [-0.25, -0.2) is 22.9 Å². The molecule has 3 N–H and O–H groups in total. The van der Waals surface area contributed by atoms with Crippen molar-refractivity contribution in [2.45, 2.75) is 4.21 Å². The number of amides is 2. The Kier molecular flexibility index (Phi) is 6.30. The number of aromatic nitrogens is 2. The Balaban J connectivity index is 1.54. The third-order valence-electron chi connectivity index (χ3n) is 4.56. The van der Waals surface area contributed by atoms with E-state index in [-0.39, 0.29) is 14.1 Å². The number of nitrogens with one attached hydrogen (secondary N) is 3. The number of sulfonamides is 1. The maximum Gasteiger partial charge on any atom is 0.333 e. The Morgan fingerprint density at radius 2 is 1.82 bits per heavy atom. The summed E-state index contributed by atoms with van der Waals surface area (Å²) in [6, 6.07) is 11.3. The van der Waals surface area contributed by atoms with E-state index in [0.29, 0.717) is 33.0 Å². The molecule has 0 radical (unpaired) electrons. The Hall–Kier alpha value is -3.12. The fourth-order valence-electron chi connectivity index (χ4n) is 2.99. The van der Waals surface area contributed by atoms with Gasteiger partial charge in [-0.1, -0.05) is 23.2 Å². The third kappa shape index (κ3) is 4.81. The van der Waals surface area contributed by atoms with Gasteiger partial charge in [-0.05, 0) is 48.5 Å². The molecule has 2 amide bonds. The molecule has 0 bridgehead atoms.